The minimum absolute atomic E-state index is 0.213. The predicted molar refractivity (Wildman–Crippen MR) is 93.3 cm³/mol. The average Bonchev–Trinajstić information content (AvgIpc) is 2.86. The van der Waals surface area contributed by atoms with Crippen LogP contribution in [0.25, 0.3) is 0 Å². The van der Waals surface area contributed by atoms with Crippen LogP contribution in [0.4, 0.5) is 9.18 Å². The van der Waals surface area contributed by atoms with E-state index in [0.29, 0.717) is 28.7 Å². The van der Waals surface area contributed by atoms with Crippen LogP contribution in [0.1, 0.15) is 36.8 Å². The van der Waals surface area contributed by atoms with Gasteiger partial charge in [0.05, 0.1) is 29.9 Å². The normalized spacial score (nSPS) is 26.8. The van der Waals surface area contributed by atoms with Crippen LogP contribution >= 0.6 is 15.9 Å². The van der Waals surface area contributed by atoms with Crippen LogP contribution in [0, 0.1) is 5.41 Å². The molecule has 0 saturated carbocycles. The van der Waals surface area contributed by atoms with Crippen molar-refractivity contribution in [2.45, 2.75) is 45.4 Å². The maximum Gasteiger partial charge on any atom is 0.407 e. The minimum Gasteiger partial charge on any atom is -0.465 e. The van der Waals surface area contributed by atoms with E-state index in [1.54, 1.807) is 12.3 Å². The molecule has 1 saturated heterocycles. The highest BCUT2D eigenvalue weighted by Gasteiger charge is 2.53. The molecule has 1 fully saturated rings. The number of carbonyl (C=O) groups is 2. The third-order valence-electron chi connectivity index (χ3n) is 4.91. The standard InChI is InChI=1S/C17H21BrFN3O3/c1-17(2,3)14-13(11(19)8-22(14)16(24)25)21-5-4-12-10(15(21)23)6-9(18)7-20-12/h6-7,11,13-14H,4-5,8H2,1-3H3,(H,24,25). The van der Waals surface area contributed by atoms with E-state index in [2.05, 4.69) is 20.9 Å². The highest BCUT2D eigenvalue weighted by molar-refractivity contribution is 9.10. The van der Waals surface area contributed by atoms with Gasteiger partial charge in [-0.05, 0) is 27.4 Å². The summed E-state index contributed by atoms with van der Waals surface area (Å²) in [4.78, 5) is 31.5. The lowest BCUT2D eigenvalue weighted by Crippen LogP contribution is -2.57. The van der Waals surface area contributed by atoms with Crippen molar-refractivity contribution < 1.29 is 19.1 Å². The molecule has 0 spiro atoms. The number of rotatable bonds is 1. The van der Waals surface area contributed by atoms with Crippen LogP contribution in [0.3, 0.4) is 0 Å². The number of amides is 2. The number of carbonyl (C=O) groups excluding carboxylic acids is 1. The van der Waals surface area contributed by atoms with E-state index >= 15 is 0 Å². The van der Waals surface area contributed by atoms with Gasteiger partial charge in [0.25, 0.3) is 5.91 Å². The molecule has 8 heteroatoms. The van der Waals surface area contributed by atoms with E-state index in [1.807, 2.05) is 20.8 Å². The van der Waals surface area contributed by atoms with Crippen molar-refractivity contribution >= 4 is 27.9 Å². The molecule has 3 heterocycles. The van der Waals surface area contributed by atoms with E-state index in [9.17, 15) is 19.1 Å². The highest BCUT2D eigenvalue weighted by Crippen LogP contribution is 2.38. The number of alkyl halides is 1. The summed E-state index contributed by atoms with van der Waals surface area (Å²) < 4.78 is 15.6. The van der Waals surface area contributed by atoms with Crippen molar-refractivity contribution in [1.29, 1.82) is 0 Å². The number of aromatic nitrogens is 1. The summed E-state index contributed by atoms with van der Waals surface area (Å²) in [5.74, 6) is -0.288. The van der Waals surface area contributed by atoms with Crippen LogP contribution in [0.5, 0.6) is 0 Å². The van der Waals surface area contributed by atoms with Crippen LogP contribution in [-0.2, 0) is 6.42 Å². The number of carboxylic acid groups (broad SMARTS) is 1. The summed E-state index contributed by atoms with van der Waals surface area (Å²) in [5.41, 5.74) is 0.648. The van der Waals surface area contributed by atoms with Gasteiger partial charge in [0, 0.05) is 23.6 Å². The lowest BCUT2D eigenvalue weighted by atomic mass is 9.81. The quantitative estimate of drug-likeness (QED) is 0.767. The average molecular weight is 414 g/mol. The zero-order valence-corrected chi connectivity index (χ0v) is 16.0. The Morgan fingerprint density at radius 2 is 2.12 bits per heavy atom. The van der Waals surface area contributed by atoms with E-state index in [4.69, 9.17) is 0 Å². The van der Waals surface area contributed by atoms with Gasteiger partial charge >= 0.3 is 6.09 Å². The Hall–Kier alpha value is -1.70. The summed E-state index contributed by atoms with van der Waals surface area (Å²) >= 11 is 3.31. The first kappa shape index (κ1) is 18.1. The fourth-order valence-corrected chi connectivity index (χ4v) is 4.28. The molecule has 2 aliphatic heterocycles. The van der Waals surface area contributed by atoms with Gasteiger partial charge in [-0.1, -0.05) is 20.8 Å². The first-order valence-corrected chi connectivity index (χ1v) is 8.99. The minimum atomic E-state index is -1.41. The zero-order chi connectivity index (χ0) is 18.5. The van der Waals surface area contributed by atoms with Gasteiger partial charge in [-0.3, -0.25) is 14.7 Å². The summed E-state index contributed by atoms with van der Waals surface area (Å²) in [7, 11) is 0. The SMILES string of the molecule is CC(C)(C)C1C(N2CCc3ncc(Br)cc3C2=O)C(F)CN1C(=O)O. The van der Waals surface area contributed by atoms with Crippen molar-refractivity contribution in [3.05, 3.63) is 28.0 Å². The van der Waals surface area contributed by atoms with Crippen LogP contribution < -0.4 is 0 Å². The van der Waals surface area contributed by atoms with E-state index in [1.165, 1.54) is 4.90 Å². The summed E-state index contributed by atoms with van der Waals surface area (Å²) in [6.07, 6.45) is -0.397. The maximum atomic E-state index is 14.9. The fourth-order valence-electron chi connectivity index (χ4n) is 3.95. The number of fused-ring (bicyclic) bond motifs is 1. The number of hydrogen-bond donors (Lipinski definition) is 1. The Labute approximate surface area is 154 Å². The summed E-state index contributed by atoms with van der Waals surface area (Å²) in [6.45, 7) is 5.75. The highest BCUT2D eigenvalue weighted by atomic mass is 79.9. The predicted octanol–water partition coefficient (Wildman–Crippen LogP) is 2.96. The maximum absolute atomic E-state index is 14.9. The third kappa shape index (κ3) is 3.12. The molecule has 2 amide bonds. The topological polar surface area (TPSA) is 73.7 Å². The van der Waals surface area contributed by atoms with Gasteiger partial charge in [0.2, 0.25) is 0 Å². The van der Waals surface area contributed by atoms with Crippen LogP contribution in [0.15, 0.2) is 16.7 Å². The molecular weight excluding hydrogens is 393 g/mol. The molecular formula is C17H21BrFN3O3. The monoisotopic (exact) mass is 413 g/mol. The second kappa shape index (κ2) is 6.23. The Morgan fingerprint density at radius 3 is 2.72 bits per heavy atom. The first-order valence-electron chi connectivity index (χ1n) is 8.20. The number of halogens is 2. The zero-order valence-electron chi connectivity index (χ0n) is 14.4. The third-order valence-corrected chi connectivity index (χ3v) is 5.35. The summed E-state index contributed by atoms with van der Waals surface area (Å²) in [6, 6.07) is 0.293. The molecule has 0 radical (unpaired) electrons. The second-order valence-electron chi connectivity index (χ2n) is 7.65. The van der Waals surface area contributed by atoms with Crippen molar-refractivity contribution in [3.8, 4) is 0 Å². The van der Waals surface area contributed by atoms with Crippen LogP contribution in [-0.4, -0.2) is 63.2 Å². The van der Waals surface area contributed by atoms with Gasteiger partial charge in [-0.15, -0.1) is 0 Å². The number of pyridine rings is 1. The molecule has 0 bridgehead atoms. The molecule has 3 unspecified atom stereocenters. The van der Waals surface area contributed by atoms with Gasteiger partial charge in [0.1, 0.15) is 6.17 Å². The molecule has 1 aromatic rings. The molecule has 3 atom stereocenters. The largest absolute Gasteiger partial charge is 0.465 e. The molecule has 3 rings (SSSR count). The van der Waals surface area contributed by atoms with Crippen molar-refractivity contribution in [2.24, 2.45) is 5.41 Å². The van der Waals surface area contributed by atoms with E-state index in [-0.39, 0.29) is 12.5 Å². The molecule has 25 heavy (non-hydrogen) atoms. The number of hydrogen-bond acceptors (Lipinski definition) is 3. The van der Waals surface area contributed by atoms with E-state index in [0.717, 1.165) is 4.90 Å². The smallest absolute Gasteiger partial charge is 0.407 e. The molecule has 6 nitrogen and oxygen atoms in total. The Balaban J connectivity index is 1.99. The second-order valence-corrected chi connectivity index (χ2v) is 8.56. The first-order chi connectivity index (χ1) is 11.6. The van der Waals surface area contributed by atoms with Crippen molar-refractivity contribution in [2.75, 3.05) is 13.1 Å². The van der Waals surface area contributed by atoms with Gasteiger partial charge in [0.15, 0.2) is 0 Å². The van der Waals surface area contributed by atoms with E-state index < -0.39 is 29.8 Å². The number of nitrogens with zero attached hydrogens (tertiary/aromatic N) is 3. The van der Waals surface area contributed by atoms with Gasteiger partial charge in [-0.2, -0.15) is 0 Å². The lowest BCUT2D eigenvalue weighted by molar-refractivity contribution is 0.0372. The Morgan fingerprint density at radius 1 is 1.44 bits per heavy atom. The molecule has 1 N–H and O–H groups in total. The Kier molecular flexibility index (Phi) is 4.51. The fraction of sp³-hybridized carbons (Fsp3) is 0.588. The molecule has 0 aromatic carbocycles. The van der Waals surface area contributed by atoms with Gasteiger partial charge < -0.3 is 10.0 Å². The molecule has 0 aliphatic carbocycles. The summed E-state index contributed by atoms with van der Waals surface area (Å²) in [5, 5.41) is 9.48. The Bertz CT molecular complexity index is 722. The number of likely N-dealkylation sites (tertiary alicyclic amines) is 1. The van der Waals surface area contributed by atoms with Gasteiger partial charge in [-0.25, -0.2) is 9.18 Å². The van der Waals surface area contributed by atoms with Crippen LogP contribution in [0.2, 0.25) is 0 Å². The molecule has 2 aliphatic rings. The lowest BCUT2D eigenvalue weighted by Gasteiger charge is -2.42. The molecule has 1 aromatic heterocycles. The van der Waals surface area contributed by atoms with Crippen molar-refractivity contribution in [3.63, 3.8) is 0 Å². The molecule has 136 valence electrons. The van der Waals surface area contributed by atoms with Crippen molar-refractivity contribution in [1.82, 2.24) is 14.8 Å².